The molecule has 0 atom stereocenters. The molecule has 0 spiro atoms. The van der Waals surface area contributed by atoms with Crippen LogP contribution in [0.5, 0.6) is 11.5 Å². The minimum atomic E-state index is -0.694. The van der Waals surface area contributed by atoms with Crippen molar-refractivity contribution in [1.29, 1.82) is 0 Å². The zero-order chi connectivity index (χ0) is 29.3. The van der Waals surface area contributed by atoms with Gasteiger partial charge in [-0.15, -0.1) is 0 Å². The van der Waals surface area contributed by atoms with Gasteiger partial charge in [-0.3, -0.25) is 4.39 Å². The fourth-order valence-corrected chi connectivity index (χ4v) is 3.75. The summed E-state index contributed by atoms with van der Waals surface area (Å²) in [5.74, 6) is -0.435. The van der Waals surface area contributed by atoms with Crippen molar-refractivity contribution in [3.05, 3.63) is 71.8 Å². The molecule has 0 aliphatic carbocycles. The van der Waals surface area contributed by atoms with Gasteiger partial charge < -0.3 is 29.2 Å². The van der Waals surface area contributed by atoms with Crippen LogP contribution in [0.2, 0.25) is 0 Å². The number of carbonyl (C=O) groups excluding carboxylic acids is 2. The van der Waals surface area contributed by atoms with Crippen molar-refractivity contribution < 1.29 is 43.1 Å². The van der Waals surface area contributed by atoms with E-state index in [0.717, 1.165) is 42.4 Å². The Kier molecular flexibility index (Phi) is 14.5. The maximum atomic E-state index is 12.3. The van der Waals surface area contributed by atoms with Crippen LogP contribution in [0.15, 0.2) is 60.7 Å². The molecule has 0 fully saturated rings. The first-order valence-corrected chi connectivity index (χ1v) is 13.3. The first-order chi connectivity index (χ1) is 19.3. The smallest absolute Gasteiger partial charge is 0.335 e. The van der Waals surface area contributed by atoms with Gasteiger partial charge in [0.25, 0.3) is 0 Å². The molecule has 0 bridgehead atoms. The van der Waals surface area contributed by atoms with E-state index in [0.29, 0.717) is 17.9 Å². The molecule has 2 N–H and O–H groups in total. The quantitative estimate of drug-likeness (QED) is 0.145. The lowest BCUT2D eigenvalue weighted by atomic mass is 9.96. The van der Waals surface area contributed by atoms with Crippen LogP contribution < -0.4 is 9.47 Å². The van der Waals surface area contributed by atoms with Gasteiger partial charge >= 0.3 is 11.9 Å². The monoisotopic (exact) mass is 558 g/mol. The summed E-state index contributed by atoms with van der Waals surface area (Å²) >= 11 is 0. The highest BCUT2D eigenvalue weighted by molar-refractivity contribution is 5.88. The number of ether oxygens (including phenoxy) is 4. The topological polar surface area (TPSA) is 112 Å². The Morgan fingerprint density at radius 2 is 1.30 bits per heavy atom. The number of hydrogen-bond donors (Lipinski definition) is 2. The van der Waals surface area contributed by atoms with Crippen LogP contribution in [-0.4, -0.2) is 68.5 Å². The van der Waals surface area contributed by atoms with E-state index in [-0.39, 0.29) is 44.2 Å². The second kappa shape index (κ2) is 17.8. The molecule has 0 aliphatic heterocycles. The number of halogens is 1. The number of carbonyl (C=O) groups is 2. The molecule has 0 heterocycles. The van der Waals surface area contributed by atoms with Crippen molar-refractivity contribution in [1.82, 2.24) is 0 Å². The zero-order valence-corrected chi connectivity index (χ0v) is 23.1. The van der Waals surface area contributed by atoms with Gasteiger partial charge in [-0.05, 0) is 60.6 Å². The number of aryl methyl sites for hydroxylation is 2. The molecular formula is C31H39FO8. The van der Waals surface area contributed by atoms with Gasteiger partial charge in [-0.2, -0.15) is 0 Å². The van der Waals surface area contributed by atoms with Crippen LogP contribution >= 0.6 is 0 Å². The summed E-state index contributed by atoms with van der Waals surface area (Å²) in [6.45, 7) is 7.72. The molecule has 0 amide bonds. The van der Waals surface area contributed by atoms with Crippen LogP contribution in [0.1, 0.15) is 36.8 Å². The summed E-state index contributed by atoms with van der Waals surface area (Å²) < 4.78 is 34.0. The Morgan fingerprint density at radius 1 is 0.750 bits per heavy atom. The van der Waals surface area contributed by atoms with Crippen molar-refractivity contribution >= 4 is 11.9 Å². The van der Waals surface area contributed by atoms with Gasteiger partial charge in [0.05, 0.1) is 31.0 Å². The first kappa shape index (κ1) is 32.5. The van der Waals surface area contributed by atoms with Crippen LogP contribution in [0.3, 0.4) is 0 Å². The van der Waals surface area contributed by atoms with E-state index in [1.54, 1.807) is 6.07 Å². The Labute approximate surface area is 235 Å². The van der Waals surface area contributed by atoms with E-state index < -0.39 is 25.2 Å². The minimum Gasteiger partial charge on any atom is -0.490 e. The van der Waals surface area contributed by atoms with E-state index in [9.17, 15) is 14.0 Å². The summed E-state index contributed by atoms with van der Waals surface area (Å²) in [7, 11) is 0. The van der Waals surface area contributed by atoms with Gasteiger partial charge in [-0.1, -0.05) is 44.2 Å². The fourth-order valence-electron chi connectivity index (χ4n) is 3.75. The highest BCUT2D eigenvalue weighted by Gasteiger charge is 2.11. The SMILES string of the molecule is C=C(CO)C(=O)OCCOc1cc(OCCOC(=O)C(=C)CO)cc(-c2ccc(CCCCCCF)c(C)c2)c1. The number of esters is 2. The molecule has 0 aliphatic rings. The van der Waals surface area contributed by atoms with Crippen LogP contribution in [0.4, 0.5) is 4.39 Å². The number of aliphatic hydroxyl groups excluding tert-OH is 2. The molecule has 0 saturated heterocycles. The third kappa shape index (κ3) is 11.2. The molecule has 0 unspecified atom stereocenters. The normalized spacial score (nSPS) is 10.6. The standard InChI is InChI=1S/C31H39FO8/c1-22-16-26(10-9-25(22)8-6-4-5-7-11-32)27-17-28(37-12-14-39-30(35)23(2)20-33)19-29(18-27)38-13-15-40-31(36)24(3)21-34/h9-10,16-19,33-34H,2-8,11-15,20-21H2,1H3. The van der Waals surface area contributed by atoms with Crippen molar-refractivity contribution in [3.63, 3.8) is 0 Å². The highest BCUT2D eigenvalue weighted by atomic mass is 19.1. The van der Waals surface area contributed by atoms with Crippen molar-refractivity contribution in [2.75, 3.05) is 46.3 Å². The number of rotatable bonds is 19. The number of unbranched alkanes of at least 4 members (excludes halogenated alkanes) is 3. The predicted molar refractivity (Wildman–Crippen MR) is 150 cm³/mol. The van der Waals surface area contributed by atoms with Gasteiger partial charge in [0.2, 0.25) is 0 Å². The maximum Gasteiger partial charge on any atom is 0.335 e. The number of alkyl halides is 1. The summed E-state index contributed by atoms with van der Waals surface area (Å²) in [4.78, 5) is 23.4. The zero-order valence-electron chi connectivity index (χ0n) is 23.1. The molecule has 2 rings (SSSR count). The summed E-state index contributed by atoms with van der Waals surface area (Å²) in [6.07, 6.45) is 4.44. The van der Waals surface area contributed by atoms with E-state index in [1.807, 2.05) is 18.2 Å². The Morgan fingerprint density at radius 3 is 1.80 bits per heavy atom. The van der Waals surface area contributed by atoms with Crippen molar-refractivity contribution in [2.45, 2.75) is 39.0 Å². The molecule has 9 heteroatoms. The summed E-state index contributed by atoms with van der Waals surface area (Å²) in [5, 5.41) is 18.0. The van der Waals surface area contributed by atoms with Gasteiger partial charge in [0.15, 0.2) is 0 Å². The minimum absolute atomic E-state index is 0.0396. The van der Waals surface area contributed by atoms with Gasteiger partial charge in [0.1, 0.15) is 37.9 Å². The van der Waals surface area contributed by atoms with Gasteiger partial charge in [0, 0.05) is 6.07 Å². The van der Waals surface area contributed by atoms with E-state index in [1.165, 1.54) is 5.56 Å². The van der Waals surface area contributed by atoms with E-state index in [4.69, 9.17) is 29.2 Å². The molecule has 218 valence electrons. The van der Waals surface area contributed by atoms with E-state index in [2.05, 4.69) is 32.2 Å². The molecule has 2 aromatic carbocycles. The first-order valence-electron chi connectivity index (χ1n) is 13.3. The average Bonchev–Trinajstić information content (AvgIpc) is 2.96. The van der Waals surface area contributed by atoms with Crippen molar-refractivity contribution in [2.24, 2.45) is 0 Å². The number of benzene rings is 2. The molecule has 0 aromatic heterocycles. The lowest BCUT2D eigenvalue weighted by molar-refractivity contribution is -0.141. The Hall–Kier alpha value is -3.69. The largest absolute Gasteiger partial charge is 0.490 e. The molecule has 40 heavy (non-hydrogen) atoms. The Bertz CT molecular complexity index is 1090. The average molecular weight is 559 g/mol. The molecule has 0 radical (unpaired) electrons. The molecule has 2 aromatic rings. The number of hydrogen-bond acceptors (Lipinski definition) is 8. The Balaban J connectivity index is 2.12. The lowest BCUT2D eigenvalue weighted by Crippen LogP contribution is -2.15. The lowest BCUT2D eigenvalue weighted by Gasteiger charge is -2.14. The predicted octanol–water partition coefficient (Wildman–Crippen LogP) is 4.68. The second-order valence-corrected chi connectivity index (χ2v) is 9.18. The second-order valence-electron chi connectivity index (χ2n) is 9.18. The third-order valence-corrected chi connectivity index (χ3v) is 6.02. The maximum absolute atomic E-state index is 12.3. The molecular weight excluding hydrogens is 519 g/mol. The van der Waals surface area contributed by atoms with Crippen molar-refractivity contribution in [3.8, 4) is 22.6 Å². The fraction of sp³-hybridized carbons (Fsp3) is 0.419. The van der Waals surface area contributed by atoms with Gasteiger partial charge in [-0.25, -0.2) is 9.59 Å². The summed E-state index contributed by atoms with van der Waals surface area (Å²) in [6, 6.07) is 11.6. The van der Waals surface area contributed by atoms with E-state index >= 15 is 0 Å². The summed E-state index contributed by atoms with van der Waals surface area (Å²) in [5.41, 5.74) is 4.08. The van der Waals surface area contributed by atoms with Crippen LogP contribution in [-0.2, 0) is 25.5 Å². The highest BCUT2D eigenvalue weighted by Crippen LogP contribution is 2.31. The van der Waals surface area contributed by atoms with Crippen LogP contribution in [0.25, 0.3) is 11.1 Å². The molecule has 0 saturated carbocycles. The number of aliphatic hydroxyl groups is 2. The molecule has 8 nitrogen and oxygen atoms in total. The third-order valence-electron chi connectivity index (χ3n) is 6.02. The van der Waals surface area contributed by atoms with Crippen LogP contribution in [0, 0.1) is 6.92 Å².